The van der Waals surface area contributed by atoms with E-state index in [1.54, 1.807) is 26.8 Å². The number of halogens is 1. The van der Waals surface area contributed by atoms with Crippen LogP contribution >= 0.6 is 0 Å². The van der Waals surface area contributed by atoms with Gasteiger partial charge in [-0.15, -0.1) is 0 Å². The molecular formula is C14H18FNO3. The van der Waals surface area contributed by atoms with Crippen molar-refractivity contribution in [2.75, 3.05) is 0 Å². The molecule has 0 amide bonds. The molecule has 0 saturated heterocycles. The molecule has 1 aromatic rings. The van der Waals surface area contributed by atoms with Crippen molar-refractivity contribution < 1.29 is 19.0 Å². The highest BCUT2D eigenvalue weighted by Crippen LogP contribution is 2.28. The average Bonchev–Trinajstić information content (AvgIpc) is 2.63. The van der Waals surface area contributed by atoms with E-state index in [9.17, 15) is 14.3 Å². The predicted molar refractivity (Wildman–Crippen MR) is 69.4 cm³/mol. The molecule has 0 unspecified atom stereocenters. The molecule has 4 nitrogen and oxygen atoms in total. The maximum absolute atomic E-state index is 13.3. The molecule has 2 rings (SSSR count). The van der Waals surface area contributed by atoms with Crippen LogP contribution in [0, 0.1) is 0 Å². The van der Waals surface area contributed by atoms with Crippen LogP contribution in [0.25, 0.3) is 6.08 Å². The zero-order valence-electron chi connectivity index (χ0n) is 11.4. The van der Waals surface area contributed by atoms with Crippen molar-refractivity contribution in [2.24, 2.45) is 0 Å². The summed E-state index contributed by atoms with van der Waals surface area (Å²) in [4.78, 5) is 12.2. The van der Waals surface area contributed by atoms with E-state index in [1.807, 2.05) is 0 Å². The quantitative estimate of drug-likeness (QED) is 0.851. The first kappa shape index (κ1) is 13.8. The number of hydrogen-bond donors (Lipinski definition) is 1. The Bertz CT molecular complexity index is 538. The third kappa shape index (κ3) is 2.87. The van der Waals surface area contributed by atoms with Gasteiger partial charge in [-0.25, -0.2) is 9.18 Å². The van der Waals surface area contributed by atoms with Gasteiger partial charge in [-0.1, -0.05) is 0 Å². The van der Waals surface area contributed by atoms with Crippen LogP contribution in [0.4, 0.5) is 9.18 Å². The monoisotopic (exact) mass is 267 g/mol. The van der Waals surface area contributed by atoms with Gasteiger partial charge < -0.3 is 9.84 Å². The number of allylic oxidation sites excluding steroid dienone is 1. The molecule has 1 heterocycles. The molecule has 0 radical (unpaired) electrons. The van der Waals surface area contributed by atoms with Crippen molar-refractivity contribution in [1.29, 1.82) is 0 Å². The fraction of sp³-hybridized carbons (Fsp3) is 0.500. The lowest BCUT2D eigenvalue weighted by Crippen LogP contribution is -2.29. The van der Waals surface area contributed by atoms with Crippen molar-refractivity contribution in [3.05, 3.63) is 28.8 Å². The maximum Gasteiger partial charge on any atom is 0.419 e. The third-order valence-electron chi connectivity index (χ3n) is 2.86. The van der Waals surface area contributed by atoms with Gasteiger partial charge in [0.15, 0.2) is 0 Å². The number of ether oxygens (including phenoxy) is 1. The first-order chi connectivity index (χ1) is 8.81. The first-order valence-corrected chi connectivity index (χ1v) is 6.25. The van der Waals surface area contributed by atoms with Crippen LogP contribution in [0.5, 0.6) is 0 Å². The Morgan fingerprint density at radius 2 is 2.16 bits per heavy atom. The van der Waals surface area contributed by atoms with Crippen LogP contribution < -0.4 is 0 Å². The van der Waals surface area contributed by atoms with Gasteiger partial charge in [0, 0.05) is 12.1 Å². The number of aliphatic hydroxyl groups is 1. The Morgan fingerprint density at radius 3 is 2.74 bits per heavy atom. The second-order valence-electron chi connectivity index (χ2n) is 5.60. The number of carbonyl (C=O) groups excluding carboxylic acids is 1. The van der Waals surface area contributed by atoms with Crippen LogP contribution in [0.3, 0.4) is 0 Å². The summed E-state index contributed by atoms with van der Waals surface area (Å²) in [6.07, 6.45) is 1.56. The predicted octanol–water partition coefficient (Wildman–Crippen LogP) is 3.02. The fourth-order valence-corrected chi connectivity index (χ4v) is 2.14. The van der Waals surface area contributed by atoms with Crippen LogP contribution in [0.2, 0.25) is 0 Å². The van der Waals surface area contributed by atoms with Gasteiger partial charge in [0.2, 0.25) is 0 Å². The zero-order chi connectivity index (χ0) is 14.2. The summed E-state index contributed by atoms with van der Waals surface area (Å²) in [5.41, 5.74) is 1.14. The summed E-state index contributed by atoms with van der Waals surface area (Å²) < 4.78 is 19.9. The highest BCUT2D eigenvalue weighted by Gasteiger charge is 2.25. The minimum absolute atomic E-state index is 0.210. The van der Waals surface area contributed by atoms with E-state index >= 15 is 0 Å². The zero-order valence-corrected chi connectivity index (χ0v) is 11.4. The van der Waals surface area contributed by atoms with Gasteiger partial charge in [-0.2, -0.15) is 0 Å². The van der Waals surface area contributed by atoms with Crippen molar-refractivity contribution in [1.82, 2.24) is 4.57 Å². The van der Waals surface area contributed by atoms with Gasteiger partial charge in [0.1, 0.15) is 11.4 Å². The molecule has 1 aliphatic carbocycles. The Morgan fingerprint density at radius 1 is 1.47 bits per heavy atom. The molecule has 0 bridgehead atoms. The molecule has 0 spiro atoms. The third-order valence-corrected chi connectivity index (χ3v) is 2.86. The van der Waals surface area contributed by atoms with E-state index in [-0.39, 0.29) is 18.9 Å². The number of carbonyl (C=O) groups is 1. The molecular weight excluding hydrogens is 249 g/mol. The summed E-state index contributed by atoms with van der Waals surface area (Å²) >= 11 is 0. The minimum atomic E-state index is -0.614. The van der Waals surface area contributed by atoms with Gasteiger partial charge >= 0.3 is 6.09 Å². The number of rotatable bonds is 1. The Balaban J connectivity index is 2.43. The summed E-state index contributed by atoms with van der Waals surface area (Å²) in [6, 6.07) is 1.62. The van der Waals surface area contributed by atoms with E-state index < -0.39 is 11.7 Å². The highest BCUT2D eigenvalue weighted by atomic mass is 19.1. The van der Waals surface area contributed by atoms with Crippen LogP contribution in [0.15, 0.2) is 11.9 Å². The Hall–Kier alpha value is -1.62. The molecule has 0 atom stereocenters. The molecule has 1 N–H and O–H groups in total. The number of aliphatic hydroxyl groups excluding tert-OH is 1. The van der Waals surface area contributed by atoms with E-state index in [0.29, 0.717) is 23.4 Å². The molecule has 0 saturated carbocycles. The largest absolute Gasteiger partial charge is 0.443 e. The van der Waals surface area contributed by atoms with E-state index in [2.05, 4.69) is 0 Å². The van der Waals surface area contributed by atoms with Crippen molar-refractivity contribution in [3.63, 3.8) is 0 Å². The van der Waals surface area contributed by atoms with E-state index in [4.69, 9.17) is 4.74 Å². The summed E-state index contributed by atoms with van der Waals surface area (Å²) in [5.74, 6) is -0.210. The SMILES string of the molecule is CC(C)(C)OC(=O)n1c(CO)cc2c1CCC(F)=C2. The van der Waals surface area contributed by atoms with E-state index in [1.165, 1.54) is 10.6 Å². The molecule has 104 valence electrons. The maximum atomic E-state index is 13.3. The highest BCUT2D eigenvalue weighted by molar-refractivity contribution is 5.76. The van der Waals surface area contributed by atoms with Gasteiger partial charge in [-0.3, -0.25) is 4.57 Å². The smallest absolute Gasteiger partial charge is 0.419 e. The summed E-state index contributed by atoms with van der Waals surface area (Å²) in [7, 11) is 0. The normalized spacial score (nSPS) is 14.9. The molecule has 1 aromatic heterocycles. The lowest BCUT2D eigenvalue weighted by atomic mass is 10.0. The number of hydrogen-bond acceptors (Lipinski definition) is 3. The van der Waals surface area contributed by atoms with E-state index in [0.717, 1.165) is 0 Å². The number of fused-ring (bicyclic) bond motifs is 1. The van der Waals surface area contributed by atoms with Gasteiger partial charge in [0.05, 0.1) is 12.3 Å². The van der Waals surface area contributed by atoms with Crippen LogP contribution in [-0.2, 0) is 17.8 Å². The fourth-order valence-electron chi connectivity index (χ4n) is 2.14. The van der Waals surface area contributed by atoms with Gasteiger partial charge in [0.25, 0.3) is 0 Å². The minimum Gasteiger partial charge on any atom is -0.443 e. The molecule has 0 aliphatic heterocycles. The van der Waals surface area contributed by atoms with Crippen molar-refractivity contribution in [2.45, 2.75) is 45.8 Å². The Kier molecular flexibility index (Phi) is 3.49. The standard InChI is InChI=1S/C14H18FNO3/c1-14(2,3)19-13(18)16-11(8-17)7-9-6-10(15)4-5-12(9)16/h6-7,17H,4-5,8H2,1-3H3. The Labute approximate surface area is 111 Å². The summed E-state index contributed by atoms with van der Waals surface area (Å²) in [6.45, 7) is 5.04. The second-order valence-corrected chi connectivity index (χ2v) is 5.60. The molecule has 0 fully saturated rings. The molecule has 0 aromatic carbocycles. The average molecular weight is 267 g/mol. The van der Waals surface area contributed by atoms with Gasteiger partial charge in [-0.05, 0) is 44.9 Å². The van der Waals surface area contributed by atoms with Crippen molar-refractivity contribution in [3.8, 4) is 0 Å². The first-order valence-electron chi connectivity index (χ1n) is 6.25. The van der Waals surface area contributed by atoms with Crippen LogP contribution in [-0.4, -0.2) is 21.4 Å². The second kappa shape index (κ2) is 4.81. The number of aromatic nitrogens is 1. The molecule has 19 heavy (non-hydrogen) atoms. The lowest BCUT2D eigenvalue weighted by molar-refractivity contribution is 0.0521. The van der Waals surface area contributed by atoms with Crippen LogP contribution in [0.1, 0.15) is 44.1 Å². The molecule has 5 heteroatoms. The lowest BCUT2D eigenvalue weighted by Gasteiger charge is -2.22. The van der Waals surface area contributed by atoms with Crippen molar-refractivity contribution >= 4 is 12.2 Å². The summed E-state index contributed by atoms with van der Waals surface area (Å²) in [5, 5.41) is 9.34. The topological polar surface area (TPSA) is 51.5 Å². The number of nitrogens with zero attached hydrogens (tertiary/aromatic N) is 1. The molecule has 1 aliphatic rings.